The van der Waals surface area contributed by atoms with Crippen LogP contribution in [-0.4, -0.2) is 22.3 Å². The van der Waals surface area contributed by atoms with Crippen LogP contribution in [0.4, 0.5) is 0 Å². The van der Waals surface area contributed by atoms with Gasteiger partial charge in [0, 0.05) is 24.6 Å². The minimum Gasteiger partial charge on any atom is -0.336 e. The van der Waals surface area contributed by atoms with Crippen molar-refractivity contribution in [3.8, 4) is 0 Å². The molecule has 1 amide bonds. The highest BCUT2D eigenvalue weighted by Crippen LogP contribution is 2.33. The second-order valence-corrected chi connectivity index (χ2v) is 6.31. The van der Waals surface area contributed by atoms with Crippen molar-refractivity contribution in [3.05, 3.63) is 54.2 Å². The van der Waals surface area contributed by atoms with Gasteiger partial charge in [0.25, 0.3) is 0 Å². The number of amides is 1. The maximum atomic E-state index is 11.6. The van der Waals surface area contributed by atoms with Crippen molar-refractivity contribution in [1.82, 2.24) is 9.88 Å². The molecular formula is C17H18N2OS. The molecule has 108 valence electrons. The van der Waals surface area contributed by atoms with Gasteiger partial charge in [0.15, 0.2) is 0 Å². The molecule has 1 aromatic carbocycles. The molecule has 2 heterocycles. The van der Waals surface area contributed by atoms with E-state index < -0.39 is 0 Å². The number of carbonyl (C=O) groups excluding carboxylic acids is 1. The van der Waals surface area contributed by atoms with Crippen LogP contribution in [0, 0.1) is 0 Å². The average molecular weight is 298 g/mol. The average Bonchev–Trinajstić information content (AvgIpc) is 2.99. The monoisotopic (exact) mass is 298 g/mol. The summed E-state index contributed by atoms with van der Waals surface area (Å²) in [6.07, 6.45) is 4.02. The number of hydrogen-bond donors (Lipinski definition) is 0. The zero-order chi connectivity index (χ0) is 14.7. The molecular weight excluding hydrogens is 280 g/mol. The Morgan fingerprint density at radius 1 is 1.24 bits per heavy atom. The molecule has 3 rings (SSSR count). The largest absolute Gasteiger partial charge is 0.336 e. The molecule has 0 spiro atoms. The van der Waals surface area contributed by atoms with Gasteiger partial charge in [-0.1, -0.05) is 36.0 Å². The summed E-state index contributed by atoms with van der Waals surface area (Å²) in [5.74, 6) is 0.153. The number of hydrogen-bond acceptors (Lipinski definition) is 3. The van der Waals surface area contributed by atoms with Gasteiger partial charge in [-0.15, -0.1) is 0 Å². The number of pyridine rings is 1. The van der Waals surface area contributed by atoms with E-state index in [2.05, 4.69) is 23.2 Å². The third-order valence-corrected chi connectivity index (χ3v) is 4.73. The van der Waals surface area contributed by atoms with E-state index in [1.807, 2.05) is 35.4 Å². The fourth-order valence-electron chi connectivity index (χ4n) is 2.75. The molecule has 0 bridgehead atoms. The predicted octanol–water partition coefficient (Wildman–Crippen LogP) is 3.92. The molecule has 4 heteroatoms. The number of rotatable bonds is 3. The van der Waals surface area contributed by atoms with E-state index in [0.29, 0.717) is 0 Å². The molecule has 1 atom stereocenters. The second kappa shape index (κ2) is 6.31. The summed E-state index contributed by atoms with van der Waals surface area (Å²) in [5.41, 5.74) is 1.14. The first kappa shape index (κ1) is 14.1. The number of likely N-dealkylation sites (tertiary alicyclic amines) is 1. The van der Waals surface area contributed by atoms with Crippen molar-refractivity contribution in [2.45, 2.75) is 35.7 Å². The Morgan fingerprint density at radius 3 is 2.71 bits per heavy atom. The molecule has 0 unspecified atom stereocenters. The van der Waals surface area contributed by atoms with E-state index in [9.17, 15) is 4.79 Å². The Labute approximate surface area is 129 Å². The molecule has 0 N–H and O–H groups in total. The van der Waals surface area contributed by atoms with Crippen molar-refractivity contribution < 1.29 is 4.79 Å². The minimum atomic E-state index is 0.153. The molecule has 1 fully saturated rings. The molecule has 2 aromatic rings. The topological polar surface area (TPSA) is 33.2 Å². The lowest BCUT2D eigenvalue weighted by molar-refractivity contribution is -0.129. The summed E-state index contributed by atoms with van der Waals surface area (Å²) in [6.45, 7) is 2.51. The third kappa shape index (κ3) is 3.27. The van der Waals surface area contributed by atoms with Gasteiger partial charge in [0.2, 0.25) is 5.91 Å². The molecule has 1 saturated heterocycles. The zero-order valence-corrected chi connectivity index (χ0v) is 12.8. The van der Waals surface area contributed by atoms with Crippen LogP contribution >= 0.6 is 11.8 Å². The van der Waals surface area contributed by atoms with Crippen molar-refractivity contribution >= 4 is 17.7 Å². The second-order valence-electron chi connectivity index (χ2n) is 5.22. The van der Waals surface area contributed by atoms with Gasteiger partial charge in [-0.3, -0.25) is 4.79 Å². The van der Waals surface area contributed by atoms with Crippen LogP contribution in [0.15, 0.2) is 58.6 Å². The van der Waals surface area contributed by atoms with E-state index in [4.69, 9.17) is 0 Å². The first-order valence-electron chi connectivity index (χ1n) is 7.20. The maximum Gasteiger partial charge on any atom is 0.219 e. The molecule has 0 aliphatic carbocycles. The summed E-state index contributed by atoms with van der Waals surface area (Å²) in [6, 6.07) is 14.6. The van der Waals surface area contributed by atoms with E-state index in [0.717, 1.165) is 30.0 Å². The van der Waals surface area contributed by atoms with Gasteiger partial charge >= 0.3 is 0 Å². The summed E-state index contributed by atoms with van der Waals surface area (Å²) < 4.78 is 0. The van der Waals surface area contributed by atoms with Gasteiger partial charge in [-0.25, -0.2) is 4.98 Å². The molecule has 1 aliphatic rings. The van der Waals surface area contributed by atoms with Gasteiger partial charge < -0.3 is 4.90 Å². The van der Waals surface area contributed by atoms with Gasteiger partial charge in [-0.2, -0.15) is 0 Å². The molecule has 3 nitrogen and oxygen atoms in total. The molecule has 0 radical (unpaired) electrons. The van der Waals surface area contributed by atoms with Crippen LogP contribution in [0.5, 0.6) is 0 Å². The highest BCUT2D eigenvalue weighted by molar-refractivity contribution is 7.99. The lowest BCUT2D eigenvalue weighted by Crippen LogP contribution is -2.28. The SMILES string of the molecule is CC(=O)N1CCC[C@@H]1c1ccc(Sc2ccccc2)nc1. The molecule has 21 heavy (non-hydrogen) atoms. The fourth-order valence-corrected chi connectivity index (χ4v) is 3.52. The van der Waals surface area contributed by atoms with E-state index >= 15 is 0 Å². The van der Waals surface area contributed by atoms with Gasteiger partial charge in [0.1, 0.15) is 5.03 Å². The Kier molecular flexibility index (Phi) is 4.25. The van der Waals surface area contributed by atoms with Crippen molar-refractivity contribution in [2.75, 3.05) is 6.54 Å². The maximum absolute atomic E-state index is 11.6. The Morgan fingerprint density at radius 2 is 2.05 bits per heavy atom. The summed E-state index contributed by atoms with van der Waals surface area (Å²) in [5, 5.41) is 0.984. The highest BCUT2D eigenvalue weighted by Gasteiger charge is 2.27. The van der Waals surface area contributed by atoms with Crippen molar-refractivity contribution in [1.29, 1.82) is 0 Å². The first-order valence-corrected chi connectivity index (χ1v) is 8.02. The predicted molar refractivity (Wildman–Crippen MR) is 84.2 cm³/mol. The first-order chi connectivity index (χ1) is 10.2. The van der Waals surface area contributed by atoms with Crippen LogP contribution in [0.25, 0.3) is 0 Å². The number of aromatic nitrogens is 1. The fraction of sp³-hybridized carbons (Fsp3) is 0.294. The highest BCUT2D eigenvalue weighted by atomic mass is 32.2. The molecule has 0 saturated carbocycles. The Bertz CT molecular complexity index is 612. The number of nitrogens with zero attached hydrogens (tertiary/aromatic N) is 2. The van der Waals surface area contributed by atoms with Crippen LogP contribution in [0.3, 0.4) is 0 Å². The van der Waals surface area contributed by atoms with E-state index in [-0.39, 0.29) is 11.9 Å². The van der Waals surface area contributed by atoms with E-state index in [1.165, 1.54) is 4.90 Å². The zero-order valence-electron chi connectivity index (χ0n) is 12.0. The number of carbonyl (C=O) groups is 1. The van der Waals surface area contributed by atoms with Gasteiger partial charge in [0.05, 0.1) is 6.04 Å². The smallest absolute Gasteiger partial charge is 0.219 e. The van der Waals surface area contributed by atoms with Gasteiger partial charge in [-0.05, 0) is 36.6 Å². The van der Waals surface area contributed by atoms with Crippen LogP contribution in [0.2, 0.25) is 0 Å². The summed E-state index contributed by atoms with van der Waals surface area (Å²) in [7, 11) is 0. The Balaban J connectivity index is 1.73. The summed E-state index contributed by atoms with van der Waals surface area (Å²) in [4.78, 5) is 19.3. The quantitative estimate of drug-likeness (QED) is 0.861. The van der Waals surface area contributed by atoms with Crippen LogP contribution in [0.1, 0.15) is 31.4 Å². The molecule has 1 aliphatic heterocycles. The van der Waals surface area contributed by atoms with Crippen molar-refractivity contribution in [2.24, 2.45) is 0 Å². The third-order valence-electron chi connectivity index (χ3n) is 3.77. The normalized spacial score (nSPS) is 18.0. The number of benzene rings is 1. The van der Waals surface area contributed by atoms with Crippen LogP contribution in [-0.2, 0) is 4.79 Å². The van der Waals surface area contributed by atoms with Crippen LogP contribution < -0.4 is 0 Å². The minimum absolute atomic E-state index is 0.153. The standard InChI is InChI=1S/C17H18N2OS/c1-13(20)19-11-5-8-16(19)14-9-10-17(18-12-14)21-15-6-3-2-4-7-15/h2-4,6-7,9-10,12,16H,5,8,11H2,1H3/t16-/m1/s1. The lowest BCUT2D eigenvalue weighted by atomic mass is 10.1. The van der Waals surface area contributed by atoms with E-state index in [1.54, 1.807) is 18.7 Å². The molecule has 1 aromatic heterocycles. The van der Waals surface area contributed by atoms with Crippen molar-refractivity contribution in [3.63, 3.8) is 0 Å². The lowest BCUT2D eigenvalue weighted by Gasteiger charge is -2.23. The summed E-state index contributed by atoms with van der Waals surface area (Å²) >= 11 is 1.65. The Hall–Kier alpha value is -1.81.